The highest BCUT2D eigenvalue weighted by molar-refractivity contribution is 5.94. The van der Waals surface area contributed by atoms with Gasteiger partial charge in [0.15, 0.2) is 0 Å². The average Bonchev–Trinajstić information content (AvgIpc) is 3.32. The highest BCUT2D eigenvalue weighted by atomic mass is 16.2. The van der Waals surface area contributed by atoms with Crippen molar-refractivity contribution in [3.63, 3.8) is 0 Å². The molecule has 2 rings (SSSR count). The van der Waals surface area contributed by atoms with Gasteiger partial charge >= 0.3 is 0 Å². The second kappa shape index (κ2) is 12.2. The molecule has 0 aliphatic carbocycles. The Balaban J connectivity index is 2.30. The van der Waals surface area contributed by atoms with E-state index in [1.54, 1.807) is 4.90 Å². The smallest absolute Gasteiger partial charge is 0.246 e. The highest BCUT2D eigenvalue weighted by Crippen LogP contribution is 2.37. The van der Waals surface area contributed by atoms with E-state index in [4.69, 9.17) is 0 Å². The van der Waals surface area contributed by atoms with Crippen LogP contribution in [0.2, 0.25) is 0 Å². The molecule has 0 radical (unpaired) electrons. The van der Waals surface area contributed by atoms with Crippen molar-refractivity contribution in [3.8, 4) is 0 Å². The fraction of sp³-hybridized carbons (Fsp3) is 0.815. The van der Waals surface area contributed by atoms with Crippen molar-refractivity contribution < 1.29 is 24.0 Å². The van der Waals surface area contributed by atoms with Gasteiger partial charge in [-0.25, -0.2) is 0 Å². The maximum Gasteiger partial charge on any atom is 0.246 e. The average molecular weight is 507 g/mol. The largest absolute Gasteiger partial charge is 0.356 e. The Morgan fingerprint density at radius 3 is 2.25 bits per heavy atom. The lowest BCUT2D eigenvalue weighted by Crippen LogP contribution is -2.59. The molecule has 2 aliphatic rings. The summed E-state index contributed by atoms with van der Waals surface area (Å²) in [7, 11) is 0. The van der Waals surface area contributed by atoms with Gasteiger partial charge in [-0.1, -0.05) is 55.4 Å². The fourth-order valence-corrected chi connectivity index (χ4v) is 5.63. The van der Waals surface area contributed by atoms with E-state index in [-0.39, 0.29) is 59.6 Å². The van der Waals surface area contributed by atoms with Crippen molar-refractivity contribution in [1.29, 1.82) is 0 Å². The summed E-state index contributed by atoms with van der Waals surface area (Å²) in [5.74, 6) is -1.06. The van der Waals surface area contributed by atoms with Crippen molar-refractivity contribution in [2.45, 2.75) is 92.8 Å². The van der Waals surface area contributed by atoms with Crippen molar-refractivity contribution in [3.05, 3.63) is 0 Å². The third-order valence-corrected chi connectivity index (χ3v) is 7.37. The van der Waals surface area contributed by atoms with Gasteiger partial charge in [0.2, 0.25) is 23.6 Å². The predicted octanol–water partition coefficient (Wildman–Crippen LogP) is 1.89. The lowest BCUT2D eigenvalue weighted by atomic mass is 9.81. The molecule has 2 aliphatic heterocycles. The van der Waals surface area contributed by atoms with E-state index >= 15 is 0 Å². The van der Waals surface area contributed by atoms with E-state index in [2.05, 4.69) is 16.0 Å². The summed E-state index contributed by atoms with van der Waals surface area (Å²) in [4.78, 5) is 65.6. The molecule has 0 bridgehead atoms. The van der Waals surface area contributed by atoms with Crippen LogP contribution in [-0.2, 0) is 24.0 Å². The molecule has 0 aromatic carbocycles. The van der Waals surface area contributed by atoms with Gasteiger partial charge in [0.05, 0.1) is 6.04 Å². The van der Waals surface area contributed by atoms with Crippen LogP contribution in [0, 0.1) is 35.0 Å². The van der Waals surface area contributed by atoms with Crippen molar-refractivity contribution in [2.24, 2.45) is 35.0 Å². The number of amides is 4. The molecule has 2 fully saturated rings. The lowest BCUT2D eigenvalue weighted by Gasteiger charge is -2.37. The van der Waals surface area contributed by atoms with Crippen molar-refractivity contribution in [1.82, 2.24) is 20.9 Å². The number of rotatable bonds is 10. The monoisotopic (exact) mass is 506 g/mol. The van der Waals surface area contributed by atoms with E-state index in [0.717, 1.165) is 0 Å². The maximum atomic E-state index is 13.9. The van der Waals surface area contributed by atoms with E-state index in [1.165, 1.54) is 0 Å². The predicted molar refractivity (Wildman–Crippen MR) is 138 cm³/mol. The summed E-state index contributed by atoms with van der Waals surface area (Å²) in [6.45, 7) is 16.6. The molecular weight excluding hydrogens is 460 g/mol. The second-order valence-electron chi connectivity index (χ2n) is 12.5. The second-order valence-corrected chi connectivity index (χ2v) is 12.5. The molecule has 0 saturated carbocycles. The van der Waals surface area contributed by atoms with Crippen LogP contribution in [0.25, 0.3) is 0 Å². The maximum absolute atomic E-state index is 13.9. The number of likely N-dealkylation sites (tertiary alicyclic amines) is 1. The third kappa shape index (κ3) is 7.29. The Morgan fingerprint density at radius 1 is 1.14 bits per heavy atom. The van der Waals surface area contributed by atoms with Crippen molar-refractivity contribution in [2.75, 3.05) is 13.1 Å². The summed E-state index contributed by atoms with van der Waals surface area (Å²) in [5.41, 5.74) is -0.564. The standard InChI is InChI=1S/C27H46N4O5/c1-15(2)11-20(33)30-23(27(6,7)8)26(36)31-13-17(5)21(16(3)4)22(31)25(35)29-19(14-32)12-18-9-10-28-24(18)34/h14-19,21-23H,9-13H2,1-8H3,(H,28,34)(H,29,35)(H,30,33)/t17-,18-,19-,21-,22-,23+/m0/s1. The quantitative estimate of drug-likeness (QED) is 0.390. The fourth-order valence-electron chi connectivity index (χ4n) is 5.63. The molecule has 36 heavy (non-hydrogen) atoms. The molecule has 4 amide bonds. The molecule has 204 valence electrons. The summed E-state index contributed by atoms with van der Waals surface area (Å²) < 4.78 is 0. The minimum absolute atomic E-state index is 0.0620. The van der Waals surface area contributed by atoms with Gasteiger partial charge in [-0.2, -0.15) is 0 Å². The van der Waals surface area contributed by atoms with E-state index in [9.17, 15) is 24.0 Å². The van der Waals surface area contributed by atoms with E-state index in [1.807, 2.05) is 55.4 Å². The van der Waals surface area contributed by atoms with Crippen LogP contribution in [0.1, 0.15) is 74.7 Å². The molecule has 6 atom stereocenters. The minimum atomic E-state index is -0.809. The number of hydrogen-bond acceptors (Lipinski definition) is 5. The van der Waals surface area contributed by atoms with Crippen LogP contribution in [-0.4, -0.2) is 66.0 Å². The first-order valence-electron chi connectivity index (χ1n) is 13.3. The molecule has 0 aromatic rings. The number of aldehydes is 1. The van der Waals surface area contributed by atoms with E-state index in [0.29, 0.717) is 32.2 Å². The molecule has 0 spiro atoms. The van der Waals surface area contributed by atoms with Crippen LogP contribution < -0.4 is 16.0 Å². The summed E-state index contributed by atoms with van der Waals surface area (Å²) in [6.07, 6.45) is 1.84. The number of carbonyl (C=O) groups excluding carboxylic acids is 5. The van der Waals surface area contributed by atoms with Crippen LogP contribution in [0.3, 0.4) is 0 Å². The van der Waals surface area contributed by atoms with Crippen LogP contribution in [0.5, 0.6) is 0 Å². The van der Waals surface area contributed by atoms with Crippen LogP contribution in [0.15, 0.2) is 0 Å². The van der Waals surface area contributed by atoms with Gasteiger partial charge in [0.1, 0.15) is 18.4 Å². The molecule has 2 heterocycles. The number of nitrogens with zero attached hydrogens (tertiary/aromatic N) is 1. The Kier molecular flexibility index (Phi) is 10.1. The van der Waals surface area contributed by atoms with Gasteiger partial charge in [0, 0.05) is 25.4 Å². The van der Waals surface area contributed by atoms with Gasteiger partial charge < -0.3 is 25.6 Å². The van der Waals surface area contributed by atoms with Gasteiger partial charge in [-0.05, 0) is 41.9 Å². The Bertz CT molecular complexity index is 835. The SMILES string of the molecule is CC(C)CC(=O)N[C@H](C(=O)N1C[C@H](C)[C@H](C(C)C)[C@H]1C(=O)N[C@H](C=O)C[C@@H]1CCNC1=O)C(C)(C)C. The number of hydrogen-bond donors (Lipinski definition) is 3. The zero-order chi connectivity index (χ0) is 27.4. The molecular formula is C27H46N4O5. The Morgan fingerprint density at radius 2 is 1.78 bits per heavy atom. The molecule has 9 nitrogen and oxygen atoms in total. The molecule has 0 unspecified atom stereocenters. The minimum Gasteiger partial charge on any atom is -0.356 e. The van der Waals surface area contributed by atoms with E-state index < -0.39 is 23.5 Å². The highest BCUT2D eigenvalue weighted by Gasteiger charge is 2.50. The summed E-state index contributed by atoms with van der Waals surface area (Å²) in [6, 6.07) is -2.36. The zero-order valence-corrected chi connectivity index (χ0v) is 23.2. The molecule has 2 saturated heterocycles. The first-order valence-corrected chi connectivity index (χ1v) is 13.3. The topological polar surface area (TPSA) is 125 Å². The number of carbonyl (C=O) groups is 5. The summed E-state index contributed by atoms with van der Waals surface area (Å²) >= 11 is 0. The molecule has 3 N–H and O–H groups in total. The van der Waals surface area contributed by atoms with Gasteiger partial charge in [0.25, 0.3) is 0 Å². The Labute approximate surface area is 215 Å². The van der Waals surface area contributed by atoms with Crippen LogP contribution >= 0.6 is 0 Å². The third-order valence-electron chi connectivity index (χ3n) is 7.37. The first kappa shape index (κ1) is 29.8. The Hall–Kier alpha value is -2.45. The van der Waals surface area contributed by atoms with Gasteiger partial charge in [-0.15, -0.1) is 0 Å². The summed E-state index contributed by atoms with van der Waals surface area (Å²) in [5, 5.41) is 8.50. The molecule has 0 aromatic heterocycles. The number of nitrogens with one attached hydrogen (secondary N) is 3. The van der Waals surface area contributed by atoms with Gasteiger partial charge in [-0.3, -0.25) is 19.2 Å². The lowest BCUT2D eigenvalue weighted by molar-refractivity contribution is -0.145. The zero-order valence-electron chi connectivity index (χ0n) is 23.2. The normalized spacial score (nSPS) is 26.1. The molecule has 9 heteroatoms. The first-order chi connectivity index (χ1) is 16.7. The van der Waals surface area contributed by atoms with Crippen molar-refractivity contribution >= 4 is 29.9 Å². The van der Waals surface area contributed by atoms with Crippen LogP contribution in [0.4, 0.5) is 0 Å².